The molecular formula is C14H17ClF3N3. The van der Waals surface area contributed by atoms with Crippen LogP contribution in [0.25, 0.3) is 10.9 Å². The van der Waals surface area contributed by atoms with E-state index >= 15 is 0 Å². The molecule has 1 aromatic heterocycles. The van der Waals surface area contributed by atoms with Gasteiger partial charge in [0.15, 0.2) is 0 Å². The van der Waals surface area contributed by atoms with Crippen molar-refractivity contribution in [2.45, 2.75) is 24.9 Å². The molecule has 0 unspecified atom stereocenters. The molecule has 1 aromatic carbocycles. The van der Waals surface area contributed by atoms with Crippen LogP contribution >= 0.6 is 12.4 Å². The highest BCUT2D eigenvalue weighted by molar-refractivity contribution is 5.85. The van der Waals surface area contributed by atoms with Crippen LogP contribution in [0.5, 0.6) is 0 Å². The first-order chi connectivity index (χ1) is 9.47. The molecule has 116 valence electrons. The van der Waals surface area contributed by atoms with Gasteiger partial charge >= 0.3 is 6.18 Å². The number of hydrogen-bond donors (Lipinski definition) is 1. The van der Waals surface area contributed by atoms with Crippen molar-refractivity contribution >= 4 is 23.3 Å². The lowest BCUT2D eigenvalue weighted by Gasteiger charge is -2.21. The number of nitrogens with zero attached hydrogens (tertiary/aromatic N) is 2. The van der Waals surface area contributed by atoms with Gasteiger partial charge in [-0.1, -0.05) is 6.07 Å². The van der Waals surface area contributed by atoms with Gasteiger partial charge in [0.25, 0.3) is 0 Å². The van der Waals surface area contributed by atoms with E-state index in [1.807, 2.05) is 0 Å². The van der Waals surface area contributed by atoms with Gasteiger partial charge in [-0.15, -0.1) is 12.4 Å². The third kappa shape index (κ3) is 3.01. The molecule has 1 saturated heterocycles. The number of halogens is 4. The summed E-state index contributed by atoms with van der Waals surface area (Å²) in [5.74, 6) is 0.330. The van der Waals surface area contributed by atoms with Crippen LogP contribution in [0.15, 0.2) is 18.2 Å². The Morgan fingerprint density at radius 2 is 1.90 bits per heavy atom. The molecule has 0 bridgehead atoms. The van der Waals surface area contributed by atoms with E-state index in [1.54, 1.807) is 17.8 Å². The number of alkyl halides is 3. The van der Waals surface area contributed by atoms with E-state index in [0.717, 1.165) is 43.1 Å². The number of hydrogen-bond acceptors (Lipinski definition) is 2. The van der Waals surface area contributed by atoms with Crippen molar-refractivity contribution in [2.24, 2.45) is 7.05 Å². The molecule has 0 saturated carbocycles. The van der Waals surface area contributed by atoms with Crippen molar-refractivity contribution in [3.05, 3.63) is 29.5 Å². The van der Waals surface area contributed by atoms with E-state index in [-0.39, 0.29) is 12.4 Å². The van der Waals surface area contributed by atoms with Crippen molar-refractivity contribution in [1.82, 2.24) is 15.1 Å². The van der Waals surface area contributed by atoms with E-state index in [0.29, 0.717) is 11.4 Å². The predicted octanol–water partition coefficient (Wildman–Crippen LogP) is 3.48. The van der Waals surface area contributed by atoms with Crippen molar-refractivity contribution < 1.29 is 13.2 Å². The van der Waals surface area contributed by atoms with Gasteiger partial charge in [-0.05, 0) is 38.1 Å². The largest absolute Gasteiger partial charge is 0.416 e. The Kier molecular flexibility index (Phi) is 4.49. The summed E-state index contributed by atoms with van der Waals surface area (Å²) >= 11 is 0. The maximum Gasteiger partial charge on any atom is 0.416 e. The zero-order valence-electron chi connectivity index (χ0n) is 11.6. The fraction of sp³-hybridized carbons (Fsp3) is 0.500. The Balaban J connectivity index is 0.00000161. The molecule has 2 heterocycles. The summed E-state index contributed by atoms with van der Waals surface area (Å²) in [6.07, 6.45) is -2.35. The number of nitrogens with one attached hydrogen (secondary N) is 1. The Morgan fingerprint density at radius 1 is 1.24 bits per heavy atom. The number of fused-ring (bicyclic) bond motifs is 1. The molecule has 1 fully saturated rings. The van der Waals surface area contributed by atoms with Crippen LogP contribution in [0.3, 0.4) is 0 Å². The van der Waals surface area contributed by atoms with Gasteiger partial charge in [-0.2, -0.15) is 18.3 Å². The van der Waals surface area contributed by atoms with E-state index in [1.165, 1.54) is 6.07 Å². The maximum atomic E-state index is 12.8. The minimum Gasteiger partial charge on any atom is -0.317 e. The Hall–Kier alpha value is -1.27. The predicted molar refractivity (Wildman–Crippen MR) is 77.8 cm³/mol. The molecule has 0 aliphatic carbocycles. The van der Waals surface area contributed by atoms with Crippen molar-refractivity contribution in [2.75, 3.05) is 13.1 Å². The second kappa shape index (κ2) is 5.85. The average molecular weight is 320 g/mol. The van der Waals surface area contributed by atoms with Crippen LogP contribution < -0.4 is 5.32 Å². The Morgan fingerprint density at radius 3 is 2.52 bits per heavy atom. The molecule has 21 heavy (non-hydrogen) atoms. The monoisotopic (exact) mass is 319 g/mol. The summed E-state index contributed by atoms with van der Waals surface area (Å²) in [6, 6.07) is 3.89. The second-order valence-corrected chi connectivity index (χ2v) is 5.26. The molecule has 0 amide bonds. The topological polar surface area (TPSA) is 29.9 Å². The van der Waals surface area contributed by atoms with Crippen LogP contribution in [0, 0.1) is 0 Å². The molecule has 0 spiro atoms. The minimum absolute atomic E-state index is 0. The van der Waals surface area contributed by atoms with Crippen LogP contribution in [0.2, 0.25) is 0 Å². The zero-order valence-corrected chi connectivity index (χ0v) is 12.4. The summed E-state index contributed by atoms with van der Waals surface area (Å²) in [5.41, 5.74) is 0.857. The average Bonchev–Trinajstić information content (AvgIpc) is 2.76. The molecule has 1 aliphatic heterocycles. The number of aryl methyl sites for hydroxylation is 1. The quantitative estimate of drug-likeness (QED) is 0.872. The highest BCUT2D eigenvalue weighted by Gasteiger charge is 2.31. The Bertz CT molecular complexity index is 630. The highest BCUT2D eigenvalue weighted by Crippen LogP contribution is 2.35. The van der Waals surface area contributed by atoms with Crippen molar-refractivity contribution in [1.29, 1.82) is 0 Å². The third-order valence-corrected chi connectivity index (χ3v) is 3.93. The van der Waals surface area contributed by atoms with Crippen molar-refractivity contribution in [3.8, 4) is 0 Å². The zero-order chi connectivity index (χ0) is 14.3. The molecule has 0 radical (unpaired) electrons. The summed E-state index contributed by atoms with van der Waals surface area (Å²) in [7, 11) is 1.70. The third-order valence-electron chi connectivity index (χ3n) is 3.93. The minimum atomic E-state index is -4.31. The molecule has 0 atom stereocenters. The maximum absolute atomic E-state index is 12.8. The van der Waals surface area contributed by atoms with E-state index < -0.39 is 11.7 Å². The van der Waals surface area contributed by atoms with Gasteiger partial charge in [0, 0.05) is 18.4 Å². The fourth-order valence-corrected chi connectivity index (χ4v) is 2.86. The first-order valence-electron chi connectivity index (χ1n) is 6.71. The van der Waals surface area contributed by atoms with Gasteiger partial charge in [0.2, 0.25) is 0 Å². The van der Waals surface area contributed by atoms with E-state index in [4.69, 9.17) is 0 Å². The van der Waals surface area contributed by atoms with E-state index in [9.17, 15) is 13.2 Å². The lowest BCUT2D eigenvalue weighted by molar-refractivity contribution is -0.137. The first-order valence-corrected chi connectivity index (χ1v) is 6.71. The molecule has 1 aliphatic rings. The SMILES string of the molecule is Cl.Cn1nc(C2CCNCC2)c2ccc(C(F)(F)F)cc21. The summed E-state index contributed by atoms with van der Waals surface area (Å²) in [5, 5.41) is 8.58. The first kappa shape index (κ1) is 16.1. The van der Waals surface area contributed by atoms with Gasteiger partial charge < -0.3 is 5.32 Å². The van der Waals surface area contributed by atoms with Gasteiger partial charge in [-0.3, -0.25) is 4.68 Å². The second-order valence-electron chi connectivity index (χ2n) is 5.26. The van der Waals surface area contributed by atoms with Crippen LogP contribution in [0.1, 0.15) is 30.0 Å². The van der Waals surface area contributed by atoms with E-state index in [2.05, 4.69) is 10.4 Å². The number of piperidine rings is 1. The van der Waals surface area contributed by atoms with Gasteiger partial charge in [0.05, 0.1) is 16.8 Å². The highest BCUT2D eigenvalue weighted by atomic mass is 35.5. The number of rotatable bonds is 1. The molecule has 7 heteroatoms. The standard InChI is InChI=1S/C14H16F3N3.ClH/c1-20-12-8-10(14(15,16)17)2-3-11(12)13(19-20)9-4-6-18-7-5-9;/h2-3,8-9,18H,4-7H2,1H3;1H. The molecule has 3 nitrogen and oxygen atoms in total. The van der Waals surface area contributed by atoms with Crippen LogP contribution in [-0.2, 0) is 13.2 Å². The summed E-state index contributed by atoms with van der Waals surface area (Å²) in [4.78, 5) is 0. The molecule has 3 rings (SSSR count). The molecule has 1 N–H and O–H groups in total. The lowest BCUT2D eigenvalue weighted by Crippen LogP contribution is -2.26. The normalized spacial score (nSPS) is 17.0. The van der Waals surface area contributed by atoms with Crippen LogP contribution in [-0.4, -0.2) is 22.9 Å². The number of aromatic nitrogens is 2. The lowest BCUT2D eigenvalue weighted by atomic mass is 9.92. The fourth-order valence-electron chi connectivity index (χ4n) is 2.86. The smallest absolute Gasteiger partial charge is 0.317 e. The summed E-state index contributed by atoms with van der Waals surface area (Å²) in [6.45, 7) is 1.87. The van der Waals surface area contributed by atoms with Gasteiger partial charge in [0.1, 0.15) is 0 Å². The van der Waals surface area contributed by atoms with Gasteiger partial charge in [-0.25, -0.2) is 0 Å². The molecule has 2 aromatic rings. The summed E-state index contributed by atoms with van der Waals surface area (Å²) < 4.78 is 39.9. The Labute approximate surface area is 126 Å². The van der Waals surface area contributed by atoms with Crippen LogP contribution in [0.4, 0.5) is 13.2 Å². The number of benzene rings is 1. The van der Waals surface area contributed by atoms with Crippen molar-refractivity contribution in [3.63, 3.8) is 0 Å². The molecular weight excluding hydrogens is 303 g/mol.